The molecule has 0 bridgehead atoms. The van der Waals surface area contributed by atoms with Gasteiger partial charge in [-0.3, -0.25) is 0 Å². The van der Waals surface area contributed by atoms with E-state index in [1.165, 1.54) is 7.11 Å². The van der Waals surface area contributed by atoms with Crippen LogP contribution in [-0.4, -0.2) is 59.7 Å². The summed E-state index contributed by atoms with van der Waals surface area (Å²) in [5.74, 6) is 0. The third-order valence-corrected chi connectivity index (χ3v) is 1.63. The Balaban J connectivity index is 4.06. The van der Waals surface area contributed by atoms with Gasteiger partial charge in [0, 0.05) is 7.11 Å². The standard InChI is InChI=1S/C7H15NO5/c1-13-3-5(10)7(12)6(11)4(8)2-9/h2,4-7,10-12H,3,8H2,1H3/t4-,5-,6-,7-/m1/s1. The maximum Gasteiger partial charge on any atom is 0.139 e. The summed E-state index contributed by atoms with van der Waals surface area (Å²) in [5.41, 5.74) is 5.12. The van der Waals surface area contributed by atoms with Crippen molar-refractivity contribution < 1.29 is 24.9 Å². The number of rotatable bonds is 6. The van der Waals surface area contributed by atoms with Crippen molar-refractivity contribution in [3.05, 3.63) is 0 Å². The zero-order chi connectivity index (χ0) is 10.4. The van der Waals surface area contributed by atoms with Gasteiger partial charge in [0.05, 0.1) is 12.6 Å². The van der Waals surface area contributed by atoms with Crippen molar-refractivity contribution in [2.45, 2.75) is 24.4 Å². The Labute approximate surface area is 75.9 Å². The van der Waals surface area contributed by atoms with E-state index in [-0.39, 0.29) is 6.61 Å². The Hall–Kier alpha value is -0.530. The molecule has 4 atom stereocenters. The lowest BCUT2D eigenvalue weighted by Crippen LogP contribution is -2.50. The van der Waals surface area contributed by atoms with Crippen molar-refractivity contribution in [2.24, 2.45) is 5.73 Å². The van der Waals surface area contributed by atoms with Gasteiger partial charge in [-0.15, -0.1) is 0 Å². The Morgan fingerprint density at radius 1 is 1.38 bits per heavy atom. The quantitative estimate of drug-likeness (QED) is 0.340. The van der Waals surface area contributed by atoms with Gasteiger partial charge in [-0.25, -0.2) is 0 Å². The summed E-state index contributed by atoms with van der Waals surface area (Å²) in [4.78, 5) is 10.1. The highest BCUT2D eigenvalue weighted by Gasteiger charge is 2.28. The summed E-state index contributed by atoms with van der Waals surface area (Å²) < 4.78 is 4.54. The highest BCUT2D eigenvalue weighted by atomic mass is 16.5. The Kier molecular flexibility index (Phi) is 5.76. The normalized spacial score (nSPS) is 20.4. The van der Waals surface area contributed by atoms with E-state index >= 15 is 0 Å². The molecule has 0 aliphatic carbocycles. The van der Waals surface area contributed by atoms with Gasteiger partial charge in [0.1, 0.15) is 24.6 Å². The molecule has 0 aromatic heterocycles. The molecule has 6 nitrogen and oxygen atoms in total. The Bertz CT molecular complexity index is 154. The molecule has 0 aliphatic heterocycles. The van der Waals surface area contributed by atoms with Crippen LogP contribution in [0.3, 0.4) is 0 Å². The molecule has 0 amide bonds. The summed E-state index contributed by atoms with van der Waals surface area (Å²) >= 11 is 0. The van der Waals surface area contributed by atoms with Crippen molar-refractivity contribution in [3.63, 3.8) is 0 Å². The molecule has 0 aliphatic rings. The van der Waals surface area contributed by atoms with Gasteiger partial charge in [0.15, 0.2) is 0 Å². The number of aliphatic hydroxyl groups excluding tert-OH is 3. The van der Waals surface area contributed by atoms with Crippen molar-refractivity contribution in [1.82, 2.24) is 0 Å². The van der Waals surface area contributed by atoms with Crippen LogP contribution >= 0.6 is 0 Å². The smallest absolute Gasteiger partial charge is 0.139 e. The van der Waals surface area contributed by atoms with Crippen molar-refractivity contribution >= 4 is 6.29 Å². The molecule has 0 rings (SSSR count). The predicted molar refractivity (Wildman–Crippen MR) is 43.9 cm³/mol. The first-order valence-corrected chi connectivity index (χ1v) is 3.78. The molecule has 0 saturated heterocycles. The second-order valence-electron chi connectivity index (χ2n) is 2.72. The lowest BCUT2D eigenvalue weighted by Gasteiger charge is -2.23. The number of carbonyl (C=O) groups is 1. The van der Waals surface area contributed by atoms with Crippen LogP contribution in [0.1, 0.15) is 0 Å². The van der Waals surface area contributed by atoms with Gasteiger partial charge in [-0.2, -0.15) is 0 Å². The van der Waals surface area contributed by atoms with E-state index in [9.17, 15) is 9.90 Å². The van der Waals surface area contributed by atoms with E-state index in [4.69, 9.17) is 15.9 Å². The zero-order valence-corrected chi connectivity index (χ0v) is 7.33. The van der Waals surface area contributed by atoms with Gasteiger partial charge in [-0.05, 0) is 0 Å². The molecular formula is C7H15NO5. The van der Waals surface area contributed by atoms with Crippen LogP contribution < -0.4 is 5.73 Å². The fourth-order valence-corrected chi connectivity index (χ4v) is 0.805. The first kappa shape index (κ1) is 12.5. The molecule has 5 N–H and O–H groups in total. The van der Waals surface area contributed by atoms with Crippen LogP contribution in [0.5, 0.6) is 0 Å². The van der Waals surface area contributed by atoms with Crippen molar-refractivity contribution in [2.75, 3.05) is 13.7 Å². The number of methoxy groups -OCH3 is 1. The maximum absolute atomic E-state index is 10.1. The minimum atomic E-state index is -1.49. The summed E-state index contributed by atoms with van der Waals surface area (Å²) in [6.45, 7) is -0.135. The first-order chi connectivity index (χ1) is 6.04. The average Bonchev–Trinajstić information content (AvgIpc) is 2.14. The Morgan fingerprint density at radius 2 is 1.92 bits per heavy atom. The van der Waals surface area contributed by atoms with Crippen LogP contribution in [0.25, 0.3) is 0 Å². The number of aldehydes is 1. The number of carbonyl (C=O) groups excluding carboxylic acids is 1. The van der Waals surface area contributed by atoms with Gasteiger partial charge in [-0.1, -0.05) is 0 Å². The van der Waals surface area contributed by atoms with E-state index in [0.717, 1.165) is 0 Å². The highest BCUT2D eigenvalue weighted by Crippen LogP contribution is 2.02. The summed E-state index contributed by atoms with van der Waals surface area (Å²) in [6.07, 6.45) is -3.93. The molecule has 0 fully saturated rings. The molecular weight excluding hydrogens is 178 g/mol. The van der Waals surface area contributed by atoms with Crippen molar-refractivity contribution in [3.8, 4) is 0 Å². The fraction of sp³-hybridized carbons (Fsp3) is 0.857. The van der Waals surface area contributed by atoms with Crippen LogP contribution in [0, 0.1) is 0 Å². The maximum atomic E-state index is 10.1. The molecule has 0 heterocycles. The van der Waals surface area contributed by atoms with Gasteiger partial charge in [0.2, 0.25) is 0 Å². The summed E-state index contributed by atoms with van der Waals surface area (Å²) in [7, 11) is 1.34. The Morgan fingerprint density at radius 3 is 2.31 bits per heavy atom. The second kappa shape index (κ2) is 6.01. The van der Waals surface area contributed by atoms with E-state index < -0.39 is 24.4 Å². The topological polar surface area (TPSA) is 113 Å². The van der Waals surface area contributed by atoms with Crippen LogP contribution in [0.4, 0.5) is 0 Å². The highest BCUT2D eigenvalue weighted by molar-refractivity contribution is 5.58. The van der Waals surface area contributed by atoms with E-state index in [1.54, 1.807) is 0 Å². The van der Waals surface area contributed by atoms with E-state index in [2.05, 4.69) is 4.74 Å². The minimum absolute atomic E-state index is 0.135. The average molecular weight is 193 g/mol. The van der Waals surface area contributed by atoms with Crippen LogP contribution in [0.15, 0.2) is 0 Å². The SMILES string of the molecule is COC[C@@H](O)[C@@H](O)[C@H](O)[C@H](N)C=O. The largest absolute Gasteiger partial charge is 0.388 e. The minimum Gasteiger partial charge on any atom is -0.388 e. The zero-order valence-electron chi connectivity index (χ0n) is 7.33. The predicted octanol–water partition coefficient (Wildman–Crippen LogP) is -2.76. The molecule has 78 valence electrons. The van der Waals surface area contributed by atoms with Crippen molar-refractivity contribution in [1.29, 1.82) is 0 Å². The lowest BCUT2D eigenvalue weighted by molar-refractivity contribution is -0.118. The molecule has 0 aromatic carbocycles. The molecule has 0 aromatic rings. The number of hydrogen-bond acceptors (Lipinski definition) is 6. The van der Waals surface area contributed by atoms with E-state index in [0.29, 0.717) is 6.29 Å². The first-order valence-electron chi connectivity index (χ1n) is 3.78. The lowest BCUT2D eigenvalue weighted by atomic mass is 10.0. The monoisotopic (exact) mass is 193 g/mol. The molecule has 0 unspecified atom stereocenters. The number of hydrogen-bond donors (Lipinski definition) is 4. The third-order valence-electron chi connectivity index (χ3n) is 1.63. The van der Waals surface area contributed by atoms with Gasteiger partial charge < -0.3 is 30.6 Å². The number of aliphatic hydroxyl groups is 3. The van der Waals surface area contributed by atoms with Crippen LogP contribution in [-0.2, 0) is 9.53 Å². The molecule has 0 spiro atoms. The molecule has 13 heavy (non-hydrogen) atoms. The van der Waals surface area contributed by atoms with Gasteiger partial charge in [0.25, 0.3) is 0 Å². The van der Waals surface area contributed by atoms with E-state index in [1.807, 2.05) is 0 Å². The number of nitrogens with two attached hydrogens (primary N) is 1. The molecule has 0 saturated carbocycles. The summed E-state index contributed by atoms with van der Waals surface area (Å²) in [5, 5.41) is 27.5. The fourth-order valence-electron chi connectivity index (χ4n) is 0.805. The number of ether oxygens (including phenoxy) is 1. The van der Waals surface area contributed by atoms with Gasteiger partial charge >= 0.3 is 0 Å². The second-order valence-corrected chi connectivity index (χ2v) is 2.72. The molecule has 6 heteroatoms. The van der Waals surface area contributed by atoms with Crippen LogP contribution in [0.2, 0.25) is 0 Å². The summed E-state index contributed by atoms with van der Waals surface area (Å²) in [6, 6.07) is -1.21. The molecule has 0 radical (unpaired) electrons. The third kappa shape index (κ3) is 3.79.